The fourth-order valence-corrected chi connectivity index (χ4v) is 2.93. The van der Waals surface area contributed by atoms with E-state index in [-0.39, 0.29) is 11.8 Å². The SMILES string of the molecule is COc1ccc(C(CC(=O)N(C)CC(C)C)c2ccccc2)cc1. The van der Waals surface area contributed by atoms with Crippen molar-refractivity contribution in [1.29, 1.82) is 0 Å². The lowest BCUT2D eigenvalue weighted by atomic mass is 9.88. The Balaban J connectivity index is 2.25. The third-order valence-electron chi connectivity index (χ3n) is 4.16. The first-order valence-corrected chi connectivity index (χ1v) is 8.44. The minimum Gasteiger partial charge on any atom is -0.497 e. The molecule has 2 aromatic carbocycles. The van der Waals surface area contributed by atoms with Crippen molar-refractivity contribution in [2.45, 2.75) is 26.2 Å². The van der Waals surface area contributed by atoms with Gasteiger partial charge in [0.25, 0.3) is 0 Å². The topological polar surface area (TPSA) is 29.5 Å². The van der Waals surface area contributed by atoms with Gasteiger partial charge in [0.1, 0.15) is 5.75 Å². The number of benzene rings is 2. The Kier molecular flexibility index (Phi) is 6.42. The van der Waals surface area contributed by atoms with Crippen molar-refractivity contribution in [2.75, 3.05) is 20.7 Å². The summed E-state index contributed by atoms with van der Waals surface area (Å²) in [6.07, 6.45) is 0.472. The highest BCUT2D eigenvalue weighted by atomic mass is 16.5. The van der Waals surface area contributed by atoms with Gasteiger partial charge in [0.05, 0.1) is 7.11 Å². The summed E-state index contributed by atoms with van der Waals surface area (Å²) in [6, 6.07) is 18.2. The summed E-state index contributed by atoms with van der Waals surface area (Å²) in [5.74, 6) is 1.52. The molecule has 24 heavy (non-hydrogen) atoms. The molecule has 0 N–H and O–H groups in total. The summed E-state index contributed by atoms with van der Waals surface area (Å²) in [5.41, 5.74) is 2.29. The number of nitrogens with zero attached hydrogens (tertiary/aromatic N) is 1. The molecule has 0 aliphatic carbocycles. The van der Waals surface area contributed by atoms with Gasteiger partial charge in [0.2, 0.25) is 5.91 Å². The van der Waals surface area contributed by atoms with Crippen LogP contribution in [-0.4, -0.2) is 31.5 Å². The Bertz CT molecular complexity index is 635. The van der Waals surface area contributed by atoms with Crippen LogP contribution in [0.1, 0.15) is 37.3 Å². The van der Waals surface area contributed by atoms with E-state index in [0.717, 1.165) is 23.4 Å². The molecule has 0 aromatic heterocycles. The number of amides is 1. The molecule has 1 atom stereocenters. The molecule has 1 unspecified atom stereocenters. The molecule has 3 heteroatoms. The van der Waals surface area contributed by atoms with Crippen LogP contribution in [0.15, 0.2) is 54.6 Å². The Morgan fingerprint density at radius 1 is 1.00 bits per heavy atom. The molecule has 0 fully saturated rings. The van der Waals surface area contributed by atoms with Gasteiger partial charge in [-0.1, -0.05) is 56.3 Å². The summed E-state index contributed by atoms with van der Waals surface area (Å²) in [5, 5.41) is 0. The molecule has 0 heterocycles. The van der Waals surface area contributed by atoms with Crippen molar-refractivity contribution < 1.29 is 9.53 Å². The molecule has 2 aromatic rings. The molecule has 0 saturated carbocycles. The van der Waals surface area contributed by atoms with Gasteiger partial charge in [-0.3, -0.25) is 4.79 Å². The zero-order valence-corrected chi connectivity index (χ0v) is 15.0. The van der Waals surface area contributed by atoms with Crippen molar-refractivity contribution in [3.63, 3.8) is 0 Å². The normalized spacial score (nSPS) is 12.0. The van der Waals surface area contributed by atoms with Gasteiger partial charge in [-0.05, 0) is 29.2 Å². The van der Waals surface area contributed by atoms with Crippen molar-refractivity contribution in [2.24, 2.45) is 5.92 Å². The predicted molar refractivity (Wildman–Crippen MR) is 98.4 cm³/mol. The first kappa shape index (κ1) is 18.1. The molecule has 3 nitrogen and oxygen atoms in total. The maximum Gasteiger partial charge on any atom is 0.223 e. The predicted octanol–water partition coefficient (Wildman–Crippen LogP) is 4.33. The lowest BCUT2D eigenvalue weighted by molar-refractivity contribution is -0.130. The molecule has 128 valence electrons. The average Bonchev–Trinajstić information content (AvgIpc) is 2.59. The summed E-state index contributed by atoms with van der Waals surface area (Å²) < 4.78 is 5.24. The maximum atomic E-state index is 12.7. The van der Waals surface area contributed by atoms with E-state index in [0.29, 0.717) is 12.3 Å². The van der Waals surface area contributed by atoms with Crippen LogP contribution in [0, 0.1) is 5.92 Å². The van der Waals surface area contributed by atoms with Crippen LogP contribution >= 0.6 is 0 Å². The van der Waals surface area contributed by atoms with Gasteiger partial charge < -0.3 is 9.64 Å². The number of carbonyl (C=O) groups is 1. The van der Waals surface area contributed by atoms with Gasteiger partial charge in [0, 0.05) is 25.9 Å². The van der Waals surface area contributed by atoms with Gasteiger partial charge in [0.15, 0.2) is 0 Å². The van der Waals surface area contributed by atoms with E-state index >= 15 is 0 Å². The summed E-state index contributed by atoms with van der Waals surface area (Å²) in [7, 11) is 3.55. The highest BCUT2D eigenvalue weighted by Gasteiger charge is 2.20. The van der Waals surface area contributed by atoms with E-state index < -0.39 is 0 Å². The fraction of sp³-hybridized carbons (Fsp3) is 0.381. The number of rotatable bonds is 7. The van der Waals surface area contributed by atoms with E-state index in [9.17, 15) is 4.79 Å². The highest BCUT2D eigenvalue weighted by molar-refractivity contribution is 5.77. The van der Waals surface area contributed by atoms with Crippen LogP contribution in [0.5, 0.6) is 5.75 Å². The smallest absolute Gasteiger partial charge is 0.223 e. The Labute approximate surface area is 145 Å². The van der Waals surface area contributed by atoms with Crippen LogP contribution in [0.25, 0.3) is 0 Å². The zero-order chi connectivity index (χ0) is 17.5. The van der Waals surface area contributed by atoms with Crippen LogP contribution < -0.4 is 4.74 Å². The Morgan fingerprint density at radius 3 is 2.12 bits per heavy atom. The van der Waals surface area contributed by atoms with Crippen LogP contribution in [0.3, 0.4) is 0 Å². The lowest BCUT2D eigenvalue weighted by Crippen LogP contribution is -2.31. The zero-order valence-electron chi connectivity index (χ0n) is 15.0. The van der Waals surface area contributed by atoms with Crippen LogP contribution in [0.2, 0.25) is 0 Å². The molecule has 0 saturated heterocycles. The van der Waals surface area contributed by atoms with E-state index in [4.69, 9.17) is 4.74 Å². The first-order chi connectivity index (χ1) is 11.5. The summed E-state index contributed by atoms with van der Waals surface area (Å²) in [4.78, 5) is 14.5. The van der Waals surface area contributed by atoms with Crippen molar-refractivity contribution in [3.8, 4) is 5.75 Å². The quantitative estimate of drug-likeness (QED) is 0.758. The molecule has 0 bridgehead atoms. The molecule has 0 radical (unpaired) electrons. The first-order valence-electron chi connectivity index (χ1n) is 8.44. The molecule has 0 aliphatic heterocycles. The van der Waals surface area contributed by atoms with Crippen LogP contribution in [-0.2, 0) is 4.79 Å². The van der Waals surface area contributed by atoms with Gasteiger partial charge in [-0.25, -0.2) is 0 Å². The minimum absolute atomic E-state index is 0.0548. The number of methoxy groups -OCH3 is 1. The molecule has 0 aliphatic rings. The second-order valence-electron chi connectivity index (χ2n) is 6.61. The van der Waals surface area contributed by atoms with Crippen molar-refractivity contribution in [3.05, 3.63) is 65.7 Å². The standard InChI is InChI=1S/C21H27NO2/c1-16(2)15-22(3)21(23)14-20(17-8-6-5-7-9-17)18-10-12-19(24-4)13-11-18/h5-13,16,20H,14-15H2,1-4H3. The van der Waals surface area contributed by atoms with E-state index in [2.05, 4.69) is 26.0 Å². The second-order valence-corrected chi connectivity index (χ2v) is 6.61. The van der Waals surface area contributed by atoms with E-state index in [1.165, 1.54) is 0 Å². The van der Waals surface area contributed by atoms with Crippen molar-refractivity contribution in [1.82, 2.24) is 4.90 Å². The number of hydrogen-bond acceptors (Lipinski definition) is 2. The van der Waals surface area contributed by atoms with Crippen molar-refractivity contribution >= 4 is 5.91 Å². The monoisotopic (exact) mass is 325 g/mol. The second kappa shape index (κ2) is 8.53. The molecule has 0 spiro atoms. The molecular weight excluding hydrogens is 298 g/mol. The fourth-order valence-electron chi connectivity index (χ4n) is 2.93. The summed E-state index contributed by atoms with van der Waals surface area (Å²) >= 11 is 0. The number of ether oxygens (including phenoxy) is 1. The third kappa shape index (κ3) is 4.85. The van der Waals surface area contributed by atoms with E-state index in [1.807, 2.05) is 54.4 Å². The highest BCUT2D eigenvalue weighted by Crippen LogP contribution is 2.30. The largest absolute Gasteiger partial charge is 0.497 e. The maximum absolute atomic E-state index is 12.7. The van der Waals surface area contributed by atoms with Gasteiger partial charge in [-0.15, -0.1) is 0 Å². The van der Waals surface area contributed by atoms with Crippen LogP contribution in [0.4, 0.5) is 0 Å². The molecule has 1 amide bonds. The Morgan fingerprint density at radius 2 is 1.58 bits per heavy atom. The Hall–Kier alpha value is -2.29. The lowest BCUT2D eigenvalue weighted by Gasteiger charge is -2.24. The van der Waals surface area contributed by atoms with E-state index in [1.54, 1.807) is 7.11 Å². The molecular formula is C21H27NO2. The molecule has 2 rings (SSSR count). The minimum atomic E-state index is 0.0548. The van der Waals surface area contributed by atoms with Gasteiger partial charge >= 0.3 is 0 Å². The average molecular weight is 325 g/mol. The summed E-state index contributed by atoms with van der Waals surface area (Å²) in [6.45, 7) is 5.03. The van der Waals surface area contributed by atoms with Gasteiger partial charge in [-0.2, -0.15) is 0 Å². The third-order valence-corrected chi connectivity index (χ3v) is 4.16. The number of hydrogen-bond donors (Lipinski definition) is 0. The number of carbonyl (C=O) groups excluding carboxylic acids is 1.